The fourth-order valence-corrected chi connectivity index (χ4v) is 3.83. The molecule has 2 aliphatic rings. The smallest absolute Gasteiger partial charge is 0.321 e. The van der Waals surface area contributed by atoms with Crippen molar-refractivity contribution in [1.29, 1.82) is 0 Å². The van der Waals surface area contributed by atoms with Crippen LogP contribution in [0, 0.1) is 0 Å². The number of nitrogens with one attached hydrogen (secondary N) is 1. The van der Waals surface area contributed by atoms with Crippen LogP contribution in [-0.4, -0.2) is 52.3 Å². The van der Waals surface area contributed by atoms with Crippen molar-refractivity contribution in [2.24, 2.45) is 0 Å². The number of likely N-dealkylation sites (tertiary alicyclic amines) is 1. The summed E-state index contributed by atoms with van der Waals surface area (Å²) in [5, 5.41) is 12.1. The van der Waals surface area contributed by atoms with Crippen LogP contribution in [0.25, 0.3) is 0 Å². The summed E-state index contributed by atoms with van der Waals surface area (Å²) in [4.78, 5) is 13.1. The van der Waals surface area contributed by atoms with Crippen molar-refractivity contribution in [3.63, 3.8) is 0 Å². The molecule has 2 N–H and O–H groups in total. The molecule has 0 aromatic carbocycles. The molecule has 3 atom stereocenters. The number of hydrogen-bond donors (Lipinski definition) is 2. The van der Waals surface area contributed by atoms with Crippen molar-refractivity contribution < 1.29 is 9.90 Å². The summed E-state index contributed by atoms with van der Waals surface area (Å²) in [5.41, 5.74) is 0. The number of hydrogen-bond acceptors (Lipinski definition) is 4. The molecule has 14 heavy (non-hydrogen) atoms. The van der Waals surface area contributed by atoms with Crippen LogP contribution in [0.15, 0.2) is 0 Å². The largest absolute Gasteiger partial charge is 0.480 e. The summed E-state index contributed by atoms with van der Waals surface area (Å²) in [5.74, 6) is -0.0350. The van der Waals surface area contributed by atoms with Gasteiger partial charge in [0.1, 0.15) is 6.04 Å². The lowest BCUT2D eigenvalue weighted by Gasteiger charge is -2.22. The molecule has 5 heteroatoms. The summed E-state index contributed by atoms with van der Waals surface area (Å²) in [6.07, 6.45) is 1.04. The van der Waals surface area contributed by atoms with Crippen LogP contribution in [0.5, 0.6) is 0 Å². The van der Waals surface area contributed by atoms with E-state index in [1.165, 1.54) is 0 Å². The number of carbonyl (C=O) groups is 1. The first kappa shape index (κ1) is 10.3. The Morgan fingerprint density at radius 2 is 2.43 bits per heavy atom. The average molecular weight is 216 g/mol. The zero-order valence-electron chi connectivity index (χ0n) is 8.49. The van der Waals surface area contributed by atoms with E-state index in [4.69, 9.17) is 5.11 Å². The van der Waals surface area contributed by atoms with E-state index in [1.54, 1.807) is 11.8 Å². The van der Waals surface area contributed by atoms with Gasteiger partial charge in [0.05, 0.1) is 4.87 Å². The van der Waals surface area contributed by atoms with Crippen molar-refractivity contribution in [3.05, 3.63) is 0 Å². The number of thioether (sulfide) groups is 1. The maximum Gasteiger partial charge on any atom is 0.321 e. The number of likely N-dealkylation sites (N-methyl/N-ethyl adjacent to an activating group) is 1. The van der Waals surface area contributed by atoms with Gasteiger partial charge in [0.25, 0.3) is 0 Å². The van der Waals surface area contributed by atoms with Gasteiger partial charge in [-0.2, -0.15) is 0 Å². The molecule has 2 heterocycles. The minimum absolute atomic E-state index is 0.00275. The second kappa shape index (κ2) is 3.40. The molecule has 0 amide bonds. The van der Waals surface area contributed by atoms with E-state index in [1.807, 2.05) is 0 Å². The molecule has 2 aliphatic heterocycles. The van der Waals surface area contributed by atoms with Gasteiger partial charge in [0, 0.05) is 18.3 Å². The molecule has 2 saturated heterocycles. The monoisotopic (exact) mass is 216 g/mol. The molecular formula is C9H16N2O2S. The first-order valence-electron chi connectivity index (χ1n) is 4.87. The molecule has 0 aromatic rings. The van der Waals surface area contributed by atoms with Crippen LogP contribution in [0.4, 0.5) is 0 Å². The fraction of sp³-hybridized carbons (Fsp3) is 0.889. The summed E-state index contributed by atoms with van der Waals surface area (Å²) < 4.78 is 0. The van der Waals surface area contributed by atoms with Crippen LogP contribution in [0.1, 0.15) is 13.3 Å². The molecule has 4 nitrogen and oxygen atoms in total. The van der Waals surface area contributed by atoms with Gasteiger partial charge in [-0.15, -0.1) is 11.8 Å². The van der Waals surface area contributed by atoms with Crippen LogP contribution in [0.3, 0.4) is 0 Å². The number of nitrogens with zero attached hydrogens (tertiary/aromatic N) is 1. The summed E-state index contributed by atoms with van der Waals surface area (Å²) in [7, 11) is 2.09. The molecule has 1 spiro atoms. The van der Waals surface area contributed by atoms with Crippen LogP contribution < -0.4 is 5.32 Å². The minimum Gasteiger partial charge on any atom is -0.480 e. The molecule has 80 valence electrons. The van der Waals surface area contributed by atoms with Crippen molar-refractivity contribution in [2.75, 3.05) is 19.3 Å². The predicted octanol–water partition coefficient (Wildman–Crippen LogP) is 0.196. The third kappa shape index (κ3) is 1.64. The second-order valence-corrected chi connectivity index (χ2v) is 5.71. The van der Waals surface area contributed by atoms with E-state index in [9.17, 15) is 4.79 Å². The SMILES string of the molecule is CC1CC2(CN1C)N[C@H](C(=O)O)CS2. The Morgan fingerprint density at radius 1 is 1.71 bits per heavy atom. The van der Waals surface area contributed by atoms with E-state index < -0.39 is 5.97 Å². The van der Waals surface area contributed by atoms with Crippen LogP contribution in [0.2, 0.25) is 0 Å². The van der Waals surface area contributed by atoms with Gasteiger partial charge in [-0.3, -0.25) is 10.1 Å². The zero-order valence-corrected chi connectivity index (χ0v) is 9.30. The highest BCUT2D eigenvalue weighted by molar-refractivity contribution is 8.01. The van der Waals surface area contributed by atoms with Gasteiger partial charge in [-0.1, -0.05) is 0 Å². The maximum atomic E-state index is 10.8. The maximum absolute atomic E-state index is 10.8. The highest BCUT2D eigenvalue weighted by Gasteiger charge is 2.47. The zero-order chi connectivity index (χ0) is 10.3. The molecular weight excluding hydrogens is 200 g/mol. The normalized spacial score (nSPS) is 43.6. The van der Waals surface area contributed by atoms with E-state index in [0.717, 1.165) is 13.0 Å². The number of rotatable bonds is 1. The third-order valence-electron chi connectivity index (χ3n) is 3.14. The molecule has 0 bridgehead atoms. The standard InChI is InChI=1S/C9H16N2O2S/c1-6-3-9(5-11(6)2)10-7(4-14-9)8(12)13/h6-7,10H,3-5H2,1-2H3,(H,12,13)/t6?,7-,9?/m0/s1. The van der Waals surface area contributed by atoms with Gasteiger partial charge < -0.3 is 10.0 Å². The van der Waals surface area contributed by atoms with Crippen molar-refractivity contribution in [3.8, 4) is 0 Å². The highest BCUT2D eigenvalue weighted by Crippen LogP contribution is 2.40. The van der Waals surface area contributed by atoms with Crippen molar-refractivity contribution >= 4 is 17.7 Å². The third-order valence-corrected chi connectivity index (χ3v) is 4.61. The molecule has 0 saturated carbocycles. The predicted molar refractivity (Wildman–Crippen MR) is 56.5 cm³/mol. The first-order valence-corrected chi connectivity index (χ1v) is 5.86. The summed E-state index contributed by atoms with van der Waals surface area (Å²) in [6, 6.07) is 0.182. The van der Waals surface area contributed by atoms with Gasteiger partial charge in [0.15, 0.2) is 0 Å². The van der Waals surface area contributed by atoms with Gasteiger partial charge in [0.2, 0.25) is 0 Å². The Balaban J connectivity index is 2.04. The first-order chi connectivity index (χ1) is 6.52. The second-order valence-electron chi connectivity index (χ2n) is 4.31. The Hall–Kier alpha value is -0.260. The van der Waals surface area contributed by atoms with E-state index in [0.29, 0.717) is 11.8 Å². The lowest BCUT2D eigenvalue weighted by atomic mass is 10.1. The van der Waals surface area contributed by atoms with Crippen molar-refractivity contribution in [1.82, 2.24) is 10.2 Å². The van der Waals surface area contributed by atoms with Crippen LogP contribution in [-0.2, 0) is 4.79 Å². The van der Waals surface area contributed by atoms with E-state index in [2.05, 4.69) is 24.2 Å². The highest BCUT2D eigenvalue weighted by atomic mass is 32.2. The summed E-state index contributed by atoms with van der Waals surface area (Å²) in [6.45, 7) is 3.13. The van der Waals surface area contributed by atoms with E-state index >= 15 is 0 Å². The van der Waals surface area contributed by atoms with Gasteiger partial charge in [-0.25, -0.2) is 0 Å². The van der Waals surface area contributed by atoms with Gasteiger partial charge in [-0.05, 0) is 20.4 Å². The topological polar surface area (TPSA) is 52.6 Å². The fourth-order valence-electron chi connectivity index (χ4n) is 2.24. The molecule has 0 aliphatic carbocycles. The molecule has 2 rings (SSSR count). The quantitative estimate of drug-likeness (QED) is 0.655. The number of carboxylic acid groups (broad SMARTS) is 1. The molecule has 0 aromatic heterocycles. The lowest BCUT2D eigenvalue weighted by Crippen LogP contribution is -2.46. The number of carboxylic acids is 1. The van der Waals surface area contributed by atoms with E-state index in [-0.39, 0.29) is 10.9 Å². The Labute approximate surface area is 88.0 Å². The molecule has 2 unspecified atom stereocenters. The molecule has 2 fully saturated rings. The molecule has 0 radical (unpaired) electrons. The average Bonchev–Trinajstić information content (AvgIpc) is 2.59. The van der Waals surface area contributed by atoms with Crippen molar-refractivity contribution in [2.45, 2.75) is 30.3 Å². The summed E-state index contributed by atoms with van der Waals surface area (Å²) >= 11 is 1.76. The minimum atomic E-state index is -0.725. The van der Waals surface area contributed by atoms with Crippen LogP contribution >= 0.6 is 11.8 Å². The van der Waals surface area contributed by atoms with Gasteiger partial charge >= 0.3 is 5.97 Å². The Morgan fingerprint density at radius 3 is 2.86 bits per heavy atom. The lowest BCUT2D eigenvalue weighted by molar-refractivity contribution is -0.138. The Kier molecular flexibility index (Phi) is 2.49. The number of aliphatic carboxylic acids is 1. The Bertz CT molecular complexity index is 249.